The Balaban J connectivity index is 3.53. The zero-order valence-corrected chi connectivity index (χ0v) is 11.1. The second-order valence-electron chi connectivity index (χ2n) is 4.83. The van der Waals surface area contributed by atoms with Crippen LogP contribution < -0.4 is 16.4 Å². The lowest BCUT2D eigenvalue weighted by Gasteiger charge is -2.15. The van der Waals surface area contributed by atoms with Gasteiger partial charge in [0.05, 0.1) is 0 Å². The van der Waals surface area contributed by atoms with E-state index < -0.39 is 6.03 Å². The van der Waals surface area contributed by atoms with Crippen LogP contribution in [0.15, 0.2) is 0 Å². The van der Waals surface area contributed by atoms with E-state index in [0.717, 1.165) is 12.8 Å². The van der Waals surface area contributed by atoms with Crippen molar-refractivity contribution in [3.63, 3.8) is 0 Å². The molecule has 0 radical (unpaired) electrons. The van der Waals surface area contributed by atoms with Crippen molar-refractivity contribution in [2.75, 3.05) is 6.54 Å². The fraction of sp³-hybridized carbons (Fsp3) is 0.833. The molecule has 3 amide bonds. The van der Waals surface area contributed by atoms with Gasteiger partial charge in [-0.2, -0.15) is 0 Å². The molecule has 1 atom stereocenters. The van der Waals surface area contributed by atoms with Gasteiger partial charge in [-0.05, 0) is 32.1 Å². The second-order valence-corrected chi connectivity index (χ2v) is 4.83. The van der Waals surface area contributed by atoms with Crippen LogP contribution in [0.1, 0.15) is 46.5 Å². The van der Waals surface area contributed by atoms with Gasteiger partial charge in [0.15, 0.2) is 0 Å². The minimum absolute atomic E-state index is 0.0347. The molecule has 0 heterocycles. The monoisotopic (exact) mass is 243 g/mol. The van der Waals surface area contributed by atoms with Crippen LogP contribution in [0.3, 0.4) is 0 Å². The van der Waals surface area contributed by atoms with Gasteiger partial charge in [0.25, 0.3) is 0 Å². The highest BCUT2D eigenvalue weighted by Crippen LogP contribution is 2.06. The predicted octanol–water partition coefficient (Wildman–Crippen LogP) is 1.38. The Morgan fingerprint density at radius 1 is 1.18 bits per heavy atom. The molecule has 0 saturated heterocycles. The number of carbonyl (C=O) groups excluding carboxylic acids is 2. The van der Waals surface area contributed by atoms with Gasteiger partial charge in [-0.25, -0.2) is 4.79 Å². The summed E-state index contributed by atoms with van der Waals surface area (Å²) in [4.78, 5) is 21.9. The Labute approximate surface area is 104 Å². The van der Waals surface area contributed by atoms with Gasteiger partial charge in [0, 0.05) is 19.0 Å². The number of nitrogens with two attached hydrogens (primary N) is 1. The molecule has 100 valence electrons. The van der Waals surface area contributed by atoms with Crippen molar-refractivity contribution in [2.45, 2.75) is 52.5 Å². The maximum absolute atomic E-state index is 11.5. The molecule has 0 saturated carbocycles. The molecular formula is C12H25N3O2. The van der Waals surface area contributed by atoms with Crippen molar-refractivity contribution in [3.05, 3.63) is 0 Å². The number of carbonyl (C=O) groups is 2. The minimum Gasteiger partial charge on any atom is -0.354 e. The molecule has 4 N–H and O–H groups in total. The minimum atomic E-state index is -0.546. The summed E-state index contributed by atoms with van der Waals surface area (Å²) in [6, 6.07) is -0.329. The first-order valence-electron chi connectivity index (χ1n) is 6.24. The van der Waals surface area contributed by atoms with E-state index in [0.29, 0.717) is 25.3 Å². The Morgan fingerprint density at radius 2 is 1.82 bits per heavy atom. The van der Waals surface area contributed by atoms with Crippen molar-refractivity contribution < 1.29 is 9.59 Å². The van der Waals surface area contributed by atoms with Crippen molar-refractivity contribution in [1.29, 1.82) is 0 Å². The predicted molar refractivity (Wildman–Crippen MR) is 68.5 cm³/mol. The van der Waals surface area contributed by atoms with E-state index >= 15 is 0 Å². The van der Waals surface area contributed by atoms with E-state index in [1.54, 1.807) is 0 Å². The van der Waals surface area contributed by atoms with Crippen molar-refractivity contribution in [3.8, 4) is 0 Å². The summed E-state index contributed by atoms with van der Waals surface area (Å²) in [7, 11) is 0. The highest BCUT2D eigenvalue weighted by atomic mass is 16.2. The number of rotatable bonds is 8. The van der Waals surface area contributed by atoms with E-state index in [2.05, 4.69) is 24.5 Å². The van der Waals surface area contributed by atoms with Crippen LogP contribution in [0.5, 0.6) is 0 Å². The Hall–Kier alpha value is -1.26. The first kappa shape index (κ1) is 15.7. The molecule has 0 rings (SSSR count). The number of urea groups is 1. The lowest BCUT2D eigenvalue weighted by Crippen LogP contribution is -2.34. The molecule has 0 aromatic heterocycles. The summed E-state index contributed by atoms with van der Waals surface area (Å²) in [5.41, 5.74) is 4.91. The fourth-order valence-corrected chi connectivity index (χ4v) is 1.46. The summed E-state index contributed by atoms with van der Waals surface area (Å²) in [5.74, 6) is 0.696. The van der Waals surface area contributed by atoms with Crippen LogP contribution in [0.25, 0.3) is 0 Å². The Kier molecular flexibility index (Phi) is 8.19. The van der Waals surface area contributed by atoms with Crippen LogP contribution in [-0.4, -0.2) is 24.5 Å². The van der Waals surface area contributed by atoms with E-state index in [1.165, 1.54) is 0 Å². The Morgan fingerprint density at radius 3 is 2.35 bits per heavy atom. The summed E-state index contributed by atoms with van der Waals surface area (Å²) in [6.07, 6.45) is 3.16. The number of amides is 3. The van der Waals surface area contributed by atoms with Gasteiger partial charge in [0.2, 0.25) is 5.91 Å². The molecule has 5 heteroatoms. The summed E-state index contributed by atoms with van der Waals surface area (Å²) in [5, 5.41) is 5.39. The normalized spacial score (nSPS) is 12.2. The third-order valence-electron chi connectivity index (χ3n) is 2.46. The number of nitrogens with one attached hydrogen (secondary N) is 2. The molecule has 0 aromatic rings. The smallest absolute Gasteiger partial charge is 0.312 e. The van der Waals surface area contributed by atoms with E-state index in [1.807, 2.05) is 6.92 Å². The van der Waals surface area contributed by atoms with E-state index in [9.17, 15) is 9.59 Å². The molecule has 0 bridgehead atoms. The molecule has 0 aliphatic rings. The maximum atomic E-state index is 11.5. The third-order valence-corrected chi connectivity index (χ3v) is 2.46. The van der Waals surface area contributed by atoms with Crippen LogP contribution in [0.4, 0.5) is 4.79 Å². The SMILES string of the molecule is CC(C)CC[C@@H](C)NC(=O)CCCNC(N)=O. The first-order valence-corrected chi connectivity index (χ1v) is 6.24. The molecule has 17 heavy (non-hydrogen) atoms. The van der Waals surface area contributed by atoms with Crippen molar-refractivity contribution >= 4 is 11.9 Å². The standard InChI is InChI=1S/C12H25N3O2/c1-9(2)6-7-10(3)15-11(16)5-4-8-14-12(13)17/h9-10H,4-8H2,1-3H3,(H,15,16)(H3,13,14,17)/t10-/m1/s1. The van der Waals surface area contributed by atoms with Gasteiger partial charge >= 0.3 is 6.03 Å². The molecule has 0 aromatic carbocycles. The zero-order chi connectivity index (χ0) is 13.3. The summed E-state index contributed by atoms with van der Waals surface area (Å²) < 4.78 is 0. The largest absolute Gasteiger partial charge is 0.354 e. The fourth-order valence-electron chi connectivity index (χ4n) is 1.46. The van der Waals surface area contributed by atoms with Crippen LogP contribution in [0.2, 0.25) is 0 Å². The highest BCUT2D eigenvalue weighted by Gasteiger charge is 2.07. The first-order chi connectivity index (χ1) is 7.91. The molecular weight excluding hydrogens is 218 g/mol. The molecule has 0 aliphatic heterocycles. The summed E-state index contributed by atoms with van der Waals surface area (Å²) >= 11 is 0. The van der Waals surface area contributed by atoms with Gasteiger partial charge in [-0.3, -0.25) is 4.79 Å². The third kappa shape index (κ3) is 11.0. The molecule has 0 fully saturated rings. The lowest BCUT2D eigenvalue weighted by molar-refractivity contribution is -0.121. The van der Waals surface area contributed by atoms with Crippen molar-refractivity contribution in [2.24, 2.45) is 11.7 Å². The average Bonchev–Trinajstić information content (AvgIpc) is 2.21. The van der Waals surface area contributed by atoms with Gasteiger partial charge in [-0.1, -0.05) is 13.8 Å². The maximum Gasteiger partial charge on any atom is 0.312 e. The van der Waals surface area contributed by atoms with Crippen LogP contribution in [-0.2, 0) is 4.79 Å². The van der Waals surface area contributed by atoms with Gasteiger partial charge in [-0.15, -0.1) is 0 Å². The van der Waals surface area contributed by atoms with Gasteiger partial charge < -0.3 is 16.4 Å². The van der Waals surface area contributed by atoms with Crippen molar-refractivity contribution in [1.82, 2.24) is 10.6 Å². The zero-order valence-electron chi connectivity index (χ0n) is 11.1. The summed E-state index contributed by atoms with van der Waals surface area (Å²) in [6.45, 7) is 6.80. The second kappa shape index (κ2) is 8.84. The molecule has 0 spiro atoms. The van der Waals surface area contributed by atoms with Crippen LogP contribution >= 0.6 is 0 Å². The quantitative estimate of drug-likeness (QED) is 0.563. The average molecular weight is 243 g/mol. The Bertz CT molecular complexity index is 242. The molecule has 0 aliphatic carbocycles. The number of hydrogen-bond acceptors (Lipinski definition) is 2. The van der Waals surface area contributed by atoms with Gasteiger partial charge in [0.1, 0.15) is 0 Å². The highest BCUT2D eigenvalue weighted by molar-refractivity contribution is 5.76. The van der Waals surface area contributed by atoms with Crippen LogP contribution in [0, 0.1) is 5.92 Å². The van der Waals surface area contributed by atoms with E-state index in [4.69, 9.17) is 5.73 Å². The van der Waals surface area contributed by atoms with E-state index in [-0.39, 0.29) is 11.9 Å². The number of primary amides is 1. The topological polar surface area (TPSA) is 84.2 Å². The number of hydrogen-bond donors (Lipinski definition) is 3. The molecule has 5 nitrogen and oxygen atoms in total. The molecule has 0 unspecified atom stereocenters. The lowest BCUT2D eigenvalue weighted by atomic mass is 10.0.